The van der Waals surface area contributed by atoms with E-state index in [0.717, 1.165) is 11.6 Å². The zero-order valence-electron chi connectivity index (χ0n) is 13.1. The molecule has 0 atom stereocenters. The summed E-state index contributed by atoms with van der Waals surface area (Å²) in [5.74, 6) is -0.295. The molecule has 0 aliphatic carbocycles. The number of amides is 1. The first-order valence-corrected chi connectivity index (χ1v) is 8.35. The number of rotatable bonds is 6. The van der Waals surface area contributed by atoms with E-state index >= 15 is 0 Å². The highest BCUT2D eigenvalue weighted by Crippen LogP contribution is 2.30. The maximum Gasteiger partial charge on any atom is 0.573 e. The van der Waals surface area contributed by atoms with Gasteiger partial charge in [-0.3, -0.25) is 4.79 Å². The van der Waals surface area contributed by atoms with Crippen LogP contribution >= 0.6 is 11.3 Å². The molecule has 0 aliphatic rings. The Kier molecular flexibility index (Phi) is 5.21. The van der Waals surface area contributed by atoms with Gasteiger partial charge in [0, 0.05) is 23.8 Å². The summed E-state index contributed by atoms with van der Waals surface area (Å²) in [5.41, 5.74) is 0.743. The second-order valence-corrected chi connectivity index (χ2v) is 5.90. The first-order chi connectivity index (χ1) is 12.4. The van der Waals surface area contributed by atoms with Gasteiger partial charge < -0.3 is 14.6 Å². The van der Waals surface area contributed by atoms with Gasteiger partial charge in [0.15, 0.2) is 5.75 Å². The molecule has 10 heteroatoms. The molecule has 0 unspecified atom stereocenters. The molecule has 2 aromatic heterocycles. The molecule has 0 saturated heterocycles. The largest absolute Gasteiger partial charge is 0.573 e. The molecule has 0 saturated carbocycles. The number of halogens is 3. The van der Waals surface area contributed by atoms with Crippen LogP contribution in [0.15, 0.2) is 45.6 Å². The van der Waals surface area contributed by atoms with Crippen LogP contribution in [-0.2, 0) is 11.2 Å². The van der Waals surface area contributed by atoms with Crippen molar-refractivity contribution in [2.75, 3.05) is 5.32 Å². The van der Waals surface area contributed by atoms with Crippen LogP contribution in [0.25, 0.3) is 11.4 Å². The quantitative estimate of drug-likeness (QED) is 0.688. The average molecular weight is 383 g/mol. The number of nitrogens with zero attached hydrogens (tertiary/aromatic N) is 2. The molecule has 3 aromatic rings. The van der Waals surface area contributed by atoms with Crippen molar-refractivity contribution in [2.45, 2.75) is 19.2 Å². The Morgan fingerprint density at radius 2 is 2.08 bits per heavy atom. The standard InChI is InChI=1S/C16H12F3N3O3S/c17-16(18,19)24-12-4-2-1-3-11(12)20-13(23)5-6-14-21-15(22-25-14)10-7-8-26-9-10/h1-4,7-9H,5-6H2,(H,20,23). The summed E-state index contributed by atoms with van der Waals surface area (Å²) in [6.45, 7) is 0. The minimum absolute atomic E-state index is 0.0361. The normalized spacial score (nSPS) is 11.3. The van der Waals surface area contributed by atoms with E-state index in [9.17, 15) is 18.0 Å². The molecule has 6 nitrogen and oxygen atoms in total. The number of alkyl halides is 3. The van der Waals surface area contributed by atoms with Crippen molar-refractivity contribution in [1.29, 1.82) is 0 Å². The zero-order chi connectivity index (χ0) is 18.6. The highest BCUT2D eigenvalue weighted by molar-refractivity contribution is 7.08. The van der Waals surface area contributed by atoms with Crippen molar-refractivity contribution < 1.29 is 27.2 Å². The summed E-state index contributed by atoms with van der Waals surface area (Å²) >= 11 is 1.49. The van der Waals surface area contributed by atoms with Crippen LogP contribution in [0.4, 0.5) is 18.9 Å². The fourth-order valence-corrected chi connectivity index (χ4v) is 2.72. The van der Waals surface area contributed by atoms with Crippen LogP contribution in [0.2, 0.25) is 0 Å². The van der Waals surface area contributed by atoms with Crippen LogP contribution in [0.1, 0.15) is 12.3 Å². The summed E-state index contributed by atoms with van der Waals surface area (Å²) in [6, 6.07) is 7.14. The van der Waals surface area contributed by atoms with Gasteiger partial charge in [0.2, 0.25) is 17.6 Å². The van der Waals surface area contributed by atoms with Crippen LogP contribution in [0.5, 0.6) is 5.75 Å². The number of ether oxygens (including phenoxy) is 1. The monoisotopic (exact) mass is 383 g/mol. The molecule has 26 heavy (non-hydrogen) atoms. The van der Waals surface area contributed by atoms with Crippen molar-refractivity contribution in [3.05, 3.63) is 47.0 Å². The minimum atomic E-state index is -4.84. The molecule has 0 bridgehead atoms. The van der Waals surface area contributed by atoms with Crippen LogP contribution in [0, 0.1) is 0 Å². The number of benzene rings is 1. The van der Waals surface area contributed by atoms with Crippen LogP contribution < -0.4 is 10.1 Å². The van der Waals surface area contributed by atoms with Crippen molar-refractivity contribution >= 4 is 22.9 Å². The van der Waals surface area contributed by atoms with Gasteiger partial charge in [-0.05, 0) is 23.6 Å². The fourth-order valence-electron chi connectivity index (χ4n) is 2.08. The number of hydrogen-bond donors (Lipinski definition) is 1. The number of nitrogens with one attached hydrogen (secondary N) is 1. The van der Waals surface area contributed by atoms with Gasteiger partial charge in [-0.15, -0.1) is 13.2 Å². The van der Waals surface area contributed by atoms with Crippen molar-refractivity contribution in [1.82, 2.24) is 10.1 Å². The van der Waals surface area contributed by atoms with Gasteiger partial charge in [-0.1, -0.05) is 17.3 Å². The number of para-hydroxylation sites is 2. The molecule has 0 aliphatic heterocycles. The van der Waals surface area contributed by atoms with Crippen molar-refractivity contribution in [3.8, 4) is 17.1 Å². The first-order valence-electron chi connectivity index (χ1n) is 7.40. The molecule has 1 amide bonds. The minimum Gasteiger partial charge on any atom is -0.404 e. The molecule has 2 heterocycles. The number of hydrogen-bond acceptors (Lipinski definition) is 6. The van der Waals surface area contributed by atoms with E-state index in [4.69, 9.17) is 4.52 Å². The summed E-state index contributed by atoms with van der Waals surface area (Å²) in [5, 5.41) is 9.94. The molecule has 1 aromatic carbocycles. The third kappa shape index (κ3) is 4.82. The van der Waals surface area contributed by atoms with E-state index in [1.54, 1.807) is 0 Å². The maximum absolute atomic E-state index is 12.4. The van der Waals surface area contributed by atoms with Gasteiger partial charge >= 0.3 is 6.36 Å². The zero-order valence-corrected chi connectivity index (χ0v) is 13.9. The smallest absolute Gasteiger partial charge is 0.404 e. The molecule has 136 valence electrons. The number of carbonyl (C=O) groups excluding carboxylic acids is 1. The molecule has 1 N–H and O–H groups in total. The Hall–Kier alpha value is -2.88. The lowest BCUT2D eigenvalue weighted by molar-refractivity contribution is -0.274. The predicted molar refractivity (Wildman–Crippen MR) is 87.7 cm³/mol. The fraction of sp³-hybridized carbons (Fsp3) is 0.188. The SMILES string of the molecule is O=C(CCc1nc(-c2ccsc2)no1)Nc1ccccc1OC(F)(F)F. The van der Waals surface area contributed by atoms with E-state index in [1.807, 2.05) is 16.8 Å². The average Bonchev–Trinajstić information content (AvgIpc) is 3.24. The molecule has 0 fully saturated rings. The predicted octanol–water partition coefficient (Wildman–Crippen LogP) is 4.27. The summed E-state index contributed by atoms with van der Waals surface area (Å²) < 4.78 is 46.1. The van der Waals surface area contributed by atoms with Crippen molar-refractivity contribution in [2.24, 2.45) is 0 Å². The Balaban J connectivity index is 1.58. The number of aryl methyl sites for hydroxylation is 1. The maximum atomic E-state index is 12.4. The molecule has 0 spiro atoms. The first kappa shape index (κ1) is 17.9. The molecular weight excluding hydrogens is 371 g/mol. The highest BCUT2D eigenvalue weighted by Gasteiger charge is 2.32. The lowest BCUT2D eigenvalue weighted by Gasteiger charge is -2.13. The topological polar surface area (TPSA) is 77.2 Å². The van der Waals surface area contributed by atoms with Crippen LogP contribution in [-0.4, -0.2) is 22.4 Å². The summed E-state index contributed by atoms with van der Waals surface area (Å²) in [4.78, 5) is 16.2. The molecule has 3 rings (SSSR count). The van der Waals surface area contributed by atoms with E-state index in [0.29, 0.717) is 5.82 Å². The number of anilines is 1. The van der Waals surface area contributed by atoms with E-state index in [2.05, 4.69) is 20.2 Å². The van der Waals surface area contributed by atoms with Gasteiger partial charge in [-0.25, -0.2) is 0 Å². The molecular formula is C16H12F3N3O3S. The van der Waals surface area contributed by atoms with Gasteiger partial charge in [0.05, 0.1) is 5.69 Å². The third-order valence-corrected chi connectivity index (χ3v) is 3.88. The van der Waals surface area contributed by atoms with E-state index < -0.39 is 18.0 Å². The van der Waals surface area contributed by atoms with Gasteiger partial charge in [-0.2, -0.15) is 16.3 Å². The highest BCUT2D eigenvalue weighted by atomic mass is 32.1. The lowest BCUT2D eigenvalue weighted by atomic mass is 10.2. The van der Waals surface area contributed by atoms with Crippen molar-refractivity contribution in [3.63, 3.8) is 0 Å². The van der Waals surface area contributed by atoms with Gasteiger partial charge in [0.1, 0.15) is 0 Å². The second-order valence-electron chi connectivity index (χ2n) is 5.12. The van der Waals surface area contributed by atoms with Crippen LogP contribution in [0.3, 0.4) is 0 Å². The summed E-state index contributed by atoms with van der Waals surface area (Å²) in [6.07, 6.45) is -4.72. The van der Waals surface area contributed by atoms with E-state index in [-0.39, 0.29) is 24.4 Å². The number of aromatic nitrogens is 2. The van der Waals surface area contributed by atoms with Gasteiger partial charge in [0.25, 0.3) is 0 Å². The number of thiophene rings is 1. The number of carbonyl (C=O) groups is 1. The Labute approximate surface area is 149 Å². The molecule has 0 radical (unpaired) electrons. The Morgan fingerprint density at radius 3 is 2.81 bits per heavy atom. The Morgan fingerprint density at radius 1 is 1.27 bits per heavy atom. The van der Waals surface area contributed by atoms with E-state index in [1.165, 1.54) is 29.5 Å². The second kappa shape index (κ2) is 7.56. The third-order valence-electron chi connectivity index (χ3n) is 3.20. The lowest BCUT2D eigenvalue weighted by Crippen LogP contribution is -2.19. The summed E-state index contributed by atoms with van der Waals surface area (Å²) in [7, 11) is 0. The Bertz CT molecular complexity index is 878.